The summed E-state index contributed by atoms with van der Waals surface area (Å²) in [5.41, 5.74) is 1.46. The van der Waals surface area contributed by atoms with E-state index in [1.807, 2.05) is 0 Å². The molecule has 0 spiro atoms. The largest absolute Gasteiger partial charge is 0.374 e. The maximum atomic E-state index is 5.91. The number of likely N-dealkylation sites (N-methyl/N-ethyl adjacent to an activating group) is 3. The topological polar surface area (TPSA) is 45.3 Å². The molecule has 3 unspecified atom stereocenters. The van der Waals surface area contributed by atoms with Gasteiger partial charge in [0.05, 0.1) is 18.4 Å². The van der Waals surface area contributed by atoms with Gasteiger partial charge in [-0.2, -0.15) is 0 Å². The van der Waals surface area contributed by atoms with Crippen molar-refractivity contribution in [3.8, 4) is 0 Å². The first-order valence-electron chi connectivity index (χ1n) is 7.48. The van der Waals surface area contributed by atoms with Crippen LogP contribution in [-0.2, 0) is 4.74 Å². The van der Waals surface area contributed by atoms with E-state index in [0.717, 1.165) is 19.4 Å². The second kappa shape index (κ2) is 6.35. The van der Waals surface area contributed by atoms with Crippen molar-refractivity contribution in [2.75, 3.05) is 27.7 Å². The number of ether oxygens (including phenoxy) is 1. The molecule has 2 aliphatic rings. The number of nitrogens with one attached hydrogen (secondary N) is 3. The van der Waals surface area contributed by atoms with Crippen LogP contribution < -0.4 is 16.0 Å². The van der Waals surface area contributed by atoms with E-state index in [0.29, 0.717) is 18.1 Å². The Hall–Kier alpha value is -0.420. The van der Waals surface area contributed by atoms with E-state index in [2.05, 4.69) is 50.1 Å². The van der Waals surface area contributed by atoms with Gasteiger partial charge in [0.2, 0.25) is 0 Å². The summed E-state index contributed by atoms with van der Waals surface area (Å²) >= 11 is 0. The van der Waals surface area contributed by atoms with Gasteiger partial charge in [0, 0.05) is 6.04 Å². The Morgan fingerprint density at radius 1 is 1.26 bits per heavy atom. The van der Waals surface area contributed by atoms with Crippen LogP contribution in [0.1, 0.15) is 32.6 Å². The summed E-state index contributed by atoms with van der Waals surface area (Å²) in [5, 5.41) is 10.5. The smallest absolute Gasteiger partial charge is 0.0869 e. The first-order chi connectivity index (χ1) is 9.16. The highest BCUT2D eigenvalue weighted by Gasteiger charge is 2.48. The van der Waals surface area contributed by atoms with Gasteiger partial charge in [-0.15, -0.1) is 0 Å². The SMILES string of the molecule is CNC1CCC(CC2CC(C)=CCO2)C1(NC)NC. The highest BCUT2D eigenvalue weighted by molar-refractivity contribution is 5.08. The Balaban J connectivity index is 2.04. The summed E-state index contributed by atoms with van der Waals surface area (Å²) in [6, 6.07) is 0.479. The molecule has 0 aromatic rings. The van der Waals surface area contributed by atoms with Crippen LogP contribution >= 0.6 is 0 Å². The fourth-order valence-corrected chi connectivity index (χ4v) is 3.96. The van der Waals surface area contributed by atoms with Gasteiger partial charge < -0.3 is 20.7 Å². The van der Waals surface area contributed by atoms with Gasteiger partial charge in [0.25, 0.3) is 0 Å². The minimum absolute atomic E-state index is 0.00677. The zero-order chi connectivity index (χ0) is 13.9. The Kier molecular flexibility index (Phi) is 5.01. The first kappa shape index (κ1) is 15.0. The van der Waals surface area contributed by atoms with Crippen LogP contribution in [0.2, 0.25) is 0 Å². The minimum atomic E-state index is -0.00677. The predicted octanol–water partition coefficient (Wildman–Crippen LogP) is 1.24. The van der Waals surface area contributed by atoms with E-state index in [-0.39, 0.29) is 5.66 Å². The van der Waals surface area contributed by atoms with Gasteiger partial charge >= 0.3 is 0 Å². The van der Waals surface area contributed by atoms with Crippen molar-refractivity contribution in [3.63, 3.8) is 0 Å². The molecule has 1 saturated carbocycles. The molecule has 110 valence electrons. The standard InChI is InChI=1S/C15H29N3O/c1-11-7-8-19-13(9-11)10-12-5-6-14(16-2)15(12,17-3)18-4/h7,12-14,16-18H,5-6,8-10H2,1-4H3. The first-order valence-corrected chi connectivity index (χ1v) is 7.48. The summed E-state index contributed by atoms with van der Waals surface area (Å²) in [7, 11) is 6.18. The van der Waals surface area contributed by atoms with Gasteiger partial charge in [-0.1, -0.05) is 11.6 Å². The molecule has 1 aliphatic carbocycles. The van der Waals surface area contributed by atoms with Crippen LogP contribution in [0, 0.1) is 5.92 Å². The van der Waals surface area contributed by atoms with Gasteiger partial charge in [0.15, 0.2) is 0 Å². The lowest BCUT2D eigenvalue weighted by atomic mass is 9.86. The molecule has 0 saturated heterocycles. The molecule has 0 aromatic carbocycles. The third-order valence-corrected chi connectivity index (χ3v) is 5.03. The van der Waals surface area contributed by atoms with Crippen molar-refractivity contribution in [2.45, 2.75) is 50.4 Å². The number of rotatable bonds is 5. The molecule has 0 bridgehead atoms. The average Bonchev–Trinajstić information content (AvgIpc) is 2.77. The summed E-state index contributed by atoms with van der Waals surface area (Å²) in [6.07, 6.45) is 7.26. The molecule has 1 aliphatic heterocycles. The van der Waals surface area contributed by atoms with Gasteiger partial charge in [-0.25, -0.2) is 0 Å². The molecule has 0 aromatic heterocycles. The third-order valence-electron chi connectivity index (χ3n) is 5.03. The van der Waals surface area contributed by atoms with Crippen LogP contribution in [0.25, 0.3) is 0 Å². The minimum Gasteiger partial charge on any atom is -0.374 e. The molecule has 19 heavy (non-hydrogen) atoms. The Bertz CT molecular complexity index is 325. The molecular formula is C15H29N3O. The summed E-state index contributed by atoms with van der Waals surface area (Å²) in [4.78, 5) is 0. The predicted molar refractivity (Wildman–Crippen MR) is 79.2 cm³/mol. The second-order valence-corrected chi connectivity index (χ2v) is 5.93. The van der Waals surface area contributed by atoms with Crippen molar-refractivity contribution in [2.24, 2.45) is 5.92 Å². The zero-order valence-corrected chi connectivity index (χ0v) is 12.8. The summed E-state index contributed by atoms with van der Waals surface area (Å²) < 4.78 is 5.91. The fourth-order valence-electron chi connectivity index (χ4n) is 3.96. The highest BCUT2D eigenvalue weighted by atomic mass is 16.5. The molecule has 0 amide bonds. The van der Waals surface area contributed by atoms with E-state index < -0.39 is 0 Å². The Morgan fingerprint density at radius 3 is 2.58 bits per heavy atom. The fraction of sp³-hybridized carbons (Fsp3) is 0.867. The number of hydrogen-bond acceptors (Lipinski definition) is 4. The molecule has 3 N–H and O–H groups in total. The maximum absolute atomic E-state index is 5.91. The van der Waals surface area contributed by atoms with Crippen molar-refractivity contribution in [1.82, 2.24) is 16.0 Å². The quantitative estimate of drug-likeness (QED) is 0.518. The lowest BCUT2D eigenvalue weighted by Gasteiger charge is -2.41. The maximum Gasteiger partial charge on any atom is 0.0869 e. The average molecular weight is 267 g/mol. The summed E-state index contributed by atoms with van der Waals surface area (Å²) in [5.74, 6) is 0.607. The van der Waals surface area contributed by atoms with Crippen molar-refractivity contribution in [1.29, 1.82) is 0 Å². The van der Waals surface area contributed by atoms with Gasteiger partial charge in [0.1, 0.15) is 0 Å². The van der Waals surface area contributed by atoms with Crippen LogP contribution in [0.4, 0.5) is 0 Å². The van der Waals surface area contributed by atoms with Crippen LogP contribution in [0.15, 0.2) is 11.6 Å². The Labute approximate surface area is 117 Å². The monoisotopic (exact) mass is 267 g/mol. The van der Waals surface area contributed by atoms with Crippen LogP contribution in [-0.4, -0.2) is 45.6 Å². The van der Waals surface area contributed by atoms with Crippen molar-refractivity contribution < 1.29 is 4.74 Å². The lowest BCUT2D eigenvalue weighted by Crippen LogP contribution is -2.66. The molecule has 1 heterocycles. The molecular weight excluding hydrogens is 238 g/mol. The van der Waals surface area contributed by atoms with E-state index in [9.17, 15) is 0 Å². The highest BCUT2D eigenvalue weighted by Crippen LogP contribution is 2.38. The third kappa shape index (κ3) is 2.87. The Morgan fingerprint density at radius 2 is 2.00 bits per heavy atom. The van der Waals surface area contributed by atoms with E-state index >= 15 is 0 Å². The van der Waals surface area contributed by atoms with Crippen LogP contribution in [0.3, 0.4) is 0 Å². The van der Waals surface area contributed by atoms with Gasteiger partial charge in [-0.05, 0) is 59.7 Å². The normalized spacial score (nSPS) is 34.3. The lowest BCUT2D eigenvalue weighted by molar-refractivity contribution is 0.0293. The van der Waals surface area contributed by atoms with E-state index in [1.54, 1.807) is 0 Å². The molecule has 4 heteroatoms. The molecule has 2 rings (SSSR count). The second-order valence-electron chi connectivity index (χ2n) is 5.93. The van der Waals surface area contributed by atoms with E-state index in [1.165, 1.54) is 18.4 Å². The molecule has 4 nitrogen and oxygen atoms in total. The molecule has 3 atom stereocenters. The molecule has 0 radical (unpaired) electrons. The molecule has 1 fully saturated rings. The van der Waals surface area contributed by atoms with Crippen LogP contribution in [0.5, 0.6) is 0 Å². The number of hydrogen-bond donors (Lipinski definition) is 3. The van der Waals surface area contributed by atoms with Gasteiger partial charge in [-0.3, -0.25) is 0 Å². The van der Waals surface area contributed by atoms with Crippen molar-refractivity contribution >= 4 is 0 Å². The van der Waals surface area contributed by atoms with Crippen molar-refractivity contribution in [3.05, 3.63) is 11.6 Å². The zero-order valence-electron chi connectivity index (χ0n) is 12.8. The summed E-state index contributed by atoms with van der Waals surface area (Å²) in [6.45, 7) is 2.99. The van der Waals surface area contributed by atoms with E-state index in [4.69, 9.17) is 4.74 Å².